The molecule has 0 saturated carbocycles. The second kappa shape index (κ2) is 6.87. The number of benzene rings is 1. The maximum atomic E-state index is 13.2. The summed E-state index contributed by atoms with van der Waals surface area (Å²) in [5, 5.41) is 3.12. The van der Waals surface area contributed by atoms with Crippen LogP contribution in [0.25, 0.3) is 10.9 Å². The van der Waals surface area contributed by atoms with Crippen LogP contribution in [0.3, 0.4) is 0 Å². The van der Waals surface area contributed by atoms with Gasteiger partial charge in [-0.3, -0.25) is 0 Å². The second-order valence-corrected chi connectivity index (χ2v) is 5.46. The molecule has 0 unspecified atom stereocenters. The number of anilines is 1. The summed E-state index contributed by atoms with van der Waals surface area (Å²) in [4.78, 5) is 4.93. The number of fused-ring (bicyclic) bond motifs is 1. The van der Waals surface area contributed by atoms with E-state index in [-0.39, 0.29) is 23.5 Å². The van der Waals surface area contributed by atoms with Crippen molar-refractivity contribution in [2.75, 3.05) is 31.1 Å². The van der Waals surface area contributed by atoms with E-state index in [1.807, 2.05) is 0 Å². The highest BCUT2D eigenvalue weighted by atomic mass is 35.5. The minimum atomic E-state index is -4.82. The van der Waals surface area contributed by atoms with Gasteiger partial charge in [-0.25, -0.2) is 4.98 Å². The maximum absolute atomic E-state index is 13.2. The molecule has 1 aliphatic rings. The average Bonchev–Trinajstić information content (AvgIpc) is 2.52. The zero-order valence-electron chi connectivity index (χ0n) is 12.7. The van der Waals surface area contributed by atoms with Crippen molar-refractivity contribution in [1.82, 2.24) is 10.3 Å². The van der Waals surface area contributed by atoms with Crippen LogP contribution < -0.4 is 10.2 Å². The molecule has 0 aliphatic carbocycles. The van der Waals surface area contributed by atoms with Gasteiger partial charge in [0.2, 0.25) is 0 Å². The summed E-state index contributed by atoms with van der Waals surface area (Å²) in [7, 11) is 0. The summed E-state index contributed by atoms with van der Waals surface area (Å²) in [5.74, 6) is 0. The molecule has 2 aromatic rings. The number of piperazine rings is 1. The summed E-state index contributed by atoms with van der Waals surface area (Å²) in [6.07, 6.45) is -9.60. The van der Waals surface area contributed by atoms with Crippen molar-refractivity contribution in [3.8, 4) is 0 Å². The largest absolute Gasteiger partial charge is 0.433 e. The van der Waals surface area contributed by atoms with E-state index in [0.717, 1.165) is 12.1 Å². The van der Waals surface area contributed by atoms with Crippen molar-refractivity contribution in [3.05, 3.63) is 35.5 Å². The molecule has 1 aromatic carbocycles. The predicted molar refractivity (Wildman–Crippen MR) is 84.1 cm³/mol. The summed E-state index contributed by atoms with van der Waals surface area (Å²) in [5.41, 5.74) is -3.03. The molecule has 0 spiro atoms. The van der Waals surface area contributed by atoms with Crippen LogP contribution >= 0.6 is 12.4 Å². The zero-order chi connectivity index (χ0) is 17.5. The van der Waals surface area contributed by atoms with Crippen LogP contribution in [-0.4, -0.2) is 31.2 Å². The molecule has 1 aliphatic heterocycles. The van der Waals surface area contributed by atoms with Gasteiger partial charge in [0.15, 0.2) is 0 Å². The number of hydrogen-bond acceptors (Lipinski definition) is 3. The van der Waals surface area contributed by atoms with Gasteiger partial charge in [-0.05, 0) is 12.1 Å². The van der Waals surface area contributed by atoms with E-state index in [4.69, 9.17) is 0 Å². The molecule has 0 atom stereocenters. The van der Waals surface area contributed by atoms with Crippen LogP contribution in [0.2, 0.25) is 0 Å². The van der Waals surface area contributed by atoms with Gasteiger partial charge in [-0.15, -0.1) is 12.4 Å². The molecule has 25 heavy (non-hydrogen) atoms. The molecule has 0 amide bonds. The Labute approximate surface area is 145 Å². The van der Waals surface area contributed by atoms with Crippen molar-refractivity contribution in [2.24, 2.45) is 0 Å². The third-order valence-corrected chi connectivity index (χ3v) is 3.87. The Morgan fingerprint density at radius 2 is 1.60 bits per heavy atom. The number of pyridine rings is 1. The first-order valence-corrected chi connectivity index (χ1v) is 7.22. The van der Waals surface area contributed by atoms with E-state index in [9.17, 15) is 26.3 Å². The fourth-order valence-corrected chi connectivity index (χ4v) is 2.77. The minimum absolute atomic E-state index is 0. The van der Waals surface area contributed by atoms with E-state index in [1.165, 1.54) is 12.1 Å². The quantitative estimate of drug-likeness (QED) is 0.749. The molecule has 3 nitrogen and oxygen atoms in total. The number of para-hydroxylation sites is 1. The molecule has 1 N–H and O–H groups in total. The van der Waals surface area contributed by atoms with Gasteiger partial charge in [0.05, 0.1) is 11.1 Å². The number of nitrogens with one attached hydrogen (secondary N) is 1. The lowest BCUT2D eigenvalue weighted by Gasteiger charge is -2.31. The first-order chi connectivity index (χ1) is 11.2. The SMILES string of the molecule is Cl.FC(F)(F)c1cc(N2CCNCC2)c2cccc(C(F)(F)F)c2n1. The Kier molecular flexibility index (Phi) is 5.38. The van der Waals surface area contributed by atoms with E-state index in [1.54, 1.807) is 4.90 Å². The Morgan fingerprint density at radius 3 is 2.16 bits per heavy atom. The topological polar surface area (TPSA) is 28.2 Å². The first-order valence-electron chi connectivity index (χ1n) is 7.22. The molecule has 10 heteroatoms. The van der Waals surface area contributed by atoms with E-state index < -0.39 is 29.1 Å². The Bertz CT molecular complexity index is 753. The molecule has 2 heterocycles. The number of rotatable bonds is 1. The molecule has 0 radical (unpaired) electrons. The van der Waals surface area contributed by atoms with Crippen LogP contribution in [0.1, 0.15) is 11.3 Å². The van der Waals surface area contributed by atoms with Gasteiger partial charge >= 0.3 is 12.4 Å². The van der Waals surface area contributed by atoms with Crippen molar-refractivity contribution < 1.29 is 26.3 Å². The van der Waals surface area contributed by atoms with Crippen LogP contribution in [0.15, 0.2) is 24.3 Å². The summed E-state index contributed by atoms with van der Waals surface area (Å²) in [6, 6.07) is 4.13. The number of nitrogens with zero attached hydrogens (tertiary/aromatic N) is 2. The van der Waals surface area contributed by atoms with E-state index in [0.29, 0.717) is 26.2 Å². The molecule has 1 fully saturated rings. The number of aromatic nitrogens is 1. The highest BCUT2D eigenvalue weighted by Gasteiger charge is 2.38. The fraction of sp³-hybridized carbons (Fsp3) is 0.400. The summed E-state index contributed by atoms with van der Waals surface area (Å²) >= 11 is 0. The summed E-state index contributed by atoms with van der Waals surface area (Å²) in [6.45, 7) is 1.91. The normalized spacial score (nSPS) is 16.0. The van der Waals surface area contributed by atoms with Gasteiger partial charge in [0.1, 0.15) is 5.69 Å². The Balaban J connectivity index is 0.00000225. The van der Waals surface area contributed by atoms with Crippen LogP contribution in [-0.2, 0) is 12.4 Å². The highest BCUT2D eigenvalue weighted by molar-refractivity contribution is 5.94. The van der Waals surface area contributed by atoms with Crippen LogP contribution in [0, 0.1) is 0 Å². The first kappa shape index (κ1) is 19.6. The average molecular weight is 386 g/mol. The predicted octanol–water partition coefficient (Wildman–Crippen LogP) is 4.10. The maximum Gasteiger partial charge on any atom is 0.433 e. The molecule has 1 aromatic heterocycles. The third kappa shape index (κ3) is 3.92. The second-order valence-electron chi connectivity index (χ2n) is 5.46. The van der Waals surface area contributed by atoms with Crippen molar-refractivity contribution in [3.63, 3.8) is 0 Å². The third-order valence-electron chi connectivity index (χ3n) is 3.87. The molecule has 138 valence electrons. The lowest BCUT2D eigenvalue weighted by molar-refractivity contribution is -0.142. The van der Waals surface area contributed by atoms with Gasteiger partial charge in [0.25, 0.3) is 0 Å². The molecule has 0 bridgehead atoms. The molecule has 3 rings (SSSR count). The molecular formula is C15H14ClF6N3. The summed E-state index contributed by atoms with van der Waals surface area (Å²) < 4.78 is 78.9. The van der Waals surface area contributed by atoms with E-state index in [2.05, 4.69) is 10.3 Å². The van der Waals surface area contributed by atoms with Gasteiger partial charge in [-0.1, -0.05) is 12.1 Å². The fourth-order valence-electron chi connectivity index (χ4n) is 2.77. The van der Waals surface area contributed by atoms with Crippen LogP contribution in [0.5, 0.6) is 0 Å². The number of halogens is 7. The highest BCUT2D eigenvalue weighted by Crippen LogP contribution is 2.40. The smallest absolute Gasteiger partial charge is 0.368 e. The Morgan fingerprint density at radius 1 is 0.960 bits per heavy atom. The molecule has 1 saturated heterocycles. The standard InChI is InChI=1S/C15H13F6N3.ClH/c16-14(17,18)10-3-1-2-9-11(24-6-4-22-5-7-24)8-12(15(19,20)21)23-13(9)10;/h1-3,8,22H,4-7H2;1H. The van der Waals surface area contributed by atoms with Crippen LogP contribution in [0.4, 0.5) is 32.0 Å². The van der Waals surface area contributed by atoms with Gasteiger partial charge in [0, 0.05) is 37.3 Å². The minimum Gasteiger partial charge on any atom is -0.368 e. The molecular weight excluding hydrogens is 372 g/mol. The lowest BCUT2D eigenvalue weighted by atomic mass is 10.1. The lowest BCUT2D eigenvalue weighted by Crippen LogP contribution is -2.43. The van der Waals surface area contributed by atoms with Crippen molar-refractivity contribution in [1.29, 1.82) is 0 Å². The monoisotopic (exact) mass is 385 g/mol. The Hall–Kier alpha value is -1.74. The zero-order valence-corrected chi connectivity index (χ0v) is 13.5. The van der Waals surface area contributed by atoms with Gasteiger partial charge < -0.3 is 10.2 Å². The van der Waals surface area contributed by atoms with Crippen molar-refractivity contribution >= 4 is 29.0 Å². The van der Waals surface area contributed by atoms with Gasteiger partial charge in [-0.2, -0.15) is 26.3 Å². The van der Waals surface area contributed by atoms with Crippen molar-refractivity contribution in [2.45, 2.75) is 12.4 Å². The number of hydrogen-bond donors (Lipinski definition) is 1. The number of alkyl halides is 6. The van der Waals surface area contributed by atoms with E-state index >= 15 is 0 Å².